The van der Waals surface area contributed by atoms with Crippen LogP contribution in [0.25, 0.3) is 0 Å². The summed E-state index contributed by atoms with van der Waals surface area (Å²) in [5.74, 6) is 0.420. The van der Waals surface area contributed by atoms with E-state index in [0.717, 1.165) is 6.42 Å². The van der Waals surface area contributed by atoms with E-state index in [9.17, 15) is 26.4 Å². The molecular weight excluding hydrogens is 583 g/mol. The molecule has 0 radical (unpaired) electrons. The van der Waals surface area contributed by atoms with Crippen molar-refractivity contribution in [2.45, 2.75) is 69.1 Å². The van der Waals surface area contributed by atoms with Crippen LogP contribution in [-0.4, -0.2) is 68.9 Å². The van der Waals surface area contributed by atoms with Crippen molar-refractivity contribution in [1.82, 2.24) is 14.7 Å². The Balaban J connectivity index is 1.34. The lowest BCUT2D eigenvalue weighted by Crippen LogP contribution is -2.42. The summed E-state index contributed by atoms with van der Waals surface area (Å²) in [6.45, 7) is 7.11. The largest absolute Gasteiger partial charge is 0.394 e. The third kappa shape index (κ3) is 6.39. The highest BCUT2D eigenvalue weighted by Gasteiger charge is 2.62. The molecule has 3 heterocycles. The van der Waals surface area contributed by atoms with Gasteiger partial charge in [-0.25, -0.2) is 23.1 Å². The van der Waals surface area contributed by atoms with Crippen LogP contribution in [-0.2, 0) is 14.8 Å². The minimum absolute atomic E-state index is 0.0209. The van der Waals surface area contributed by atoms with Gasteiger partial charge in [-0.1, -0.05) is 25.1 Å². The van der Waals surface area contributed by atoms with E-state index in [1.165, 1.54) is 12.1 Å². The first-order chi connectivity index (χ1) is 20.1. The van der Waals surface area contributed by atoms with Crippen molar-refractivity contribution in [2.24, 2.45) is 11.3 Å². The molecule has 234 valence electrons. The normalized spacial score (nSPS) is 23.1. The maximum absolute atomic E-state index is 13.5. The van der Waals surface area contributed by atoms with Crippen LogP contribution >= 0.6 is 0 Å². The number of aromatic nitrogens is 1. The van der Waals surface area contributed by atoms with Crippen molar-refractivity contribution in [3.63, 3.8) is 0 Å². The Morgan fingerprint density at radius 1 is 1.14 bits per heavy atom. The maximum Gasteiger partial charge on any atom is 0.394 e. The van der Waals surface area contributed by atoms with E-state index in [1.807, 2.05) is 23.0 Å². The van der Waals surface area contributed by atoms with E-state index in [1.54, 1.807) is 41.5 Å². The van der Waals surface area contributed by atoms with Crippen molar-refractivity contribution in [1.29, 1.82) is 0 Å². The van der Waals surface area contributed by atoms with E-state index >= 15 is 0 Å². The molecule has 9 nitrogen and oxygen atoms in total. The zero-order chi connectivity index (χ0) is 31.2. The molecule has 2 aromatic rings. The number of hydrogen-bond donors (Lipinski definition) is 1. The summed E-state index contributed by atoms with van der Waals surface area (Å²) in [6, 6.07) is 10.7. The van der Waals surface area contributed by atoms with Gasteiger partial charge in [0.25, 0.3) is 15.9 Å². The number of hydrazine groups is 1. The highest BCUT2D eigenvalue weighted by atomic mass is 32.2. The first kappa shape index (κ1) is 31.3. The number of ether oxygens (including phenoxy) is 1. The number of nitrogens with zero attached hydrogens (tertiary/aromatic N) is 4. The highest BCUT2D eigenvalue weighted by Crippen LogP contribution is 2.59. The lowest BCUT2D eigenvalue weighted by molar-refractivity contribution is -0.192. The second-order valence-corrected chi connectivity index (χ2v) is 14.1. The molecule has 1 saturated heterocycles. The zero-order valence-corrected chi connectivity index (χ0v) is 25.6. The summed E-state index contributed by atoms with van der Waals surface area (Å²) in [5, 5.41) is 3.64. The van der Waals surface area contributed by atoms with Gasteiger partial charge in [0, 0.05) is 31.9 Å². The number of nitrogens with one attached hydrogen (secondary N) is 1. The van der Waals surface area contributed by atoms with Crippen LogP contribution in [0.4, 0.5) is 24.8 Å². The lowest BCUT2D eigenvalue weighted by atomic mass is 9.97. The first-order valence-electron chi connectivity index (χ1n) is 14.4. The molecule has 13 heteroatoms. The number of carbonyl (C=O) groups is 1. The van der Waals surface area contributed by atoms with Crippen molar-refractivity contribution < 1.29 is 31.1 Å². The molecule has 5 rings (SSSR count). The van der Waals surface area contributed by atoms with Crippen molar-refractivity contribution in [3.05, 3.63) is 60.3 Å². The number of hydrogen-bond acceptors (Lipinski definition) is 8. The van der Waals surface area contributed by atoms with Gasteiger partial charge in [0.05, 0.1) is 28.5 Å². The average Bonchev–Trinajstić information content (AvgIpc) is 3.58. The zero-order valence-electron chi connectivity index (χ0n) is 24.8. The van der Waals surface area contributed by atoms with Crippen LogP contribution in [0.2, 0.25) is 0 Å². The van der Waals surface area contributed by atoms with E-state index < -0.39 is 27.5 Å². The molecule has 1 aromatic heterocycles. The topological polar surface area (TPSA) is 95.1 Å². The van der Waals surface area contributed by atoms with Gasteiger partial charge < -0.3 is 9.64 Å². The van der Waals surface area contributed by atoms with Crippen LogP contribution in [0.1, 0.15) is 56.8 Å². The number of carbonyl (C=O) groups excluding carboxylic acids is 1. The third-order valence-corrected chi connectivity index (χ3v) is 10.0. The molecule has 1 aromatic carbocycles. The van der Waals surface area contributed by atoms with Crippen LogP contribution in [0.3, 0.4) is 0 Å². The number of benzene rings is 1. The number of anilines is 2. The van der Waals surface area contributed by atoms with E-state index in [0.29, 0.717) is 24.1 Å². The third-order valence-electron chi connectivity index (χ3n) is 8.69. The smallest absolute Gasteiger partial charge is 0.379 e. The number of pyridine rings is 1. The fourth-order valence-electron chi connectivity index (χ4n) is 6.01. The van der Waals surface area contributed by atoms with Gasteiger partial charge >= 0.3 is 6.18 Å². The fourth-order valence-corrected chi connectivity index (χ4v) is 7.00. The Hall–Kier alpha value is -3.16. The van der Waals surface area contributed by atoms with Crippen molar-refractivity contribution in [2.75, 3.05) is 36.7 Å². The van der Waals surface area contributed by atoms with Gasteiger partial charge in [-0.05, 0) is 75.8 Å². The Labute approximate surface area is 250 Å². The summed E-state index contributed by atoms with van der Waals surface area (Å²) >= 11 is 0. The Bertz CT molecular complexity index is 1480. The molecule has 1 N–H and O–H groups in total. The Morgan fingerprint density at radius 3 is 2.44 bits per heavy atom. The first-order valence-corrected chi connectivity index (χ1v) is 15.9. The second-order valence-electron chi connectivity index (χ2n) is 12.5. The maximum atomic E-state index is 13.5. The van der Waals surface area contributed by atoms with Gasteiger partial charge in [-0.2, -0.15) is 13.2 Å². The van der Waals surface area contributed by atoms with E-state index in [4.69, 9.17) is 9.72 Å². The molecular formula is C30H38F3N5O4S. The second kappa shape index (κ2) is 11.4. The Morgan fingerprint density at radius 2 is 1.84 bits per heavy atom. The highest BCUT2D eigenvalue weighted by molar-refractivity contribution is 7.90. The molecule has 2 aliphatic heterocycles. The monoisotopic (exact) mass is 621 g/mol. The molecule has 43 heavy (non-hydrogen) atoms. The summed E-state index contributed by atoms with van der Waals surface area (Å²) < 4.78 is 73.4. The van der Waals surface area contributed by atoms with Gasteiger partial charge in [-0.3, -0.25) is 9.80 Å². The predicted octanol–water partition coefficient (Wildman–Crippen LogP) is 5.12. The number of likely N-dealkylation sites (N-methyl/N-ethyl adjacent to an activating group) is 1. The SMILES string of the molecule is C[C@@H]1CN(c2nc(N3C=CC(COCCC4(C(F)(F)F)CC4)N3C)ccc2C(=O)NS(=O)(=O)c2ccccc2)C(C)(C)C1. The van der Waals surface area contributed by atoms with Gasteiger partial charge in [0.1, 0.15) is 11.6 Å². The van der Waals surface area contributed by atoms with Gasteiger partial charge in [-0.15, -0.1) is 0 Å². The van der Waals surface area contributed by atoms with Crippen LogP contribution < -0.4 is 14.6 Å². The summed E-state index contributed by atoms with van der Waals surface area (Å²) in [4.78, 5) is 20.4. The number of sulfonamides is 1. The predicted molar refractivity (Wildman–Crippen MR) is 157 cm³/mol. The summed E-state index contributed by atoms with van der Waals surface area (Å²) in [5.41, 5.74) is -1.79. The quantitative estimate of drug-likeness (QED) is 0.366. The molecule has 0 spiro atoms. The molecule has 1 aliphatic carbocycles. The lowest BCUT2D eigenvalue weighted by Gasteiger charge is -2.35. The number of halogens is 3. The van der Waals surface area contributed by atoms with Crippen LogP contribution in [0.15, 0.2) is 59.6 Å². The van der Waals surface area contributed by atoms with Crippen molar-refractivity contribution in [3.8, 4) is 0 Å². The fraction of sp³-hybridized carbons (Fsp3) is 0.533. The molecule has 1 saturated carbocycles. The summed E-state index contributed by atoms with van der Waals surface area (Å²) in [7, 11) is -2.28. The average molecular weight is 622 g/mol. The minimum Gasteiger partial charge on any atom is -0.379 e. The summed E-state index contributed by atoms with van der Waals surface area (Å²) in [6.07, 6.45) is 0.618. The Kier molecular flexibility index (Phi) is 8.29. The molecule has 1 unspecified atom stereocenters. The van der Waals surface area contributed by atoms with Crippen molar-refractivity contribution >= 4 is 27.6 Å². The standard InChI is InChI=1S/C30H38F3N5O4S/c1-21-18-28(2,3)37(19-21)26-24(27(39)35-43(40,41)23-8-6-5-7-9-23)10-11-25(34-26)38-16-12-22(36(38)4)20-42-17-15-29(13-14-29)30(31,32)33/h5-12,16,21-22H,13-15,17-20H2,1-4H3,(H,35,39)/t21-,22?/m0/s1. The van der Waals surface area contributed by atoms with Gasteiger partial charge in [0.2, 0.25) is 0 Å². The molecule has 2 atom stereocenters. The van der Waals surface area contributed by atoms with Gasteiger partial charge in [0.15, 0.2) is 0 Å². The number of rotatable bonds is 10. The van der Waals surface area contributed by atoms with Crippen LogP contribution in [0, 0.1) is 11.3 Å². The van der Waals surface area contributed by atoms with Crippen LogP contribution in [0.5, 0.6) is 0 Å². The molecule has 0 bridgehead atoms. The molecule has 2 fully saturated rings. The molecule has 3 aliphatic rings. The molecule has 1 amide bonds. The number of alkyl halides is 3. The van der Waals surface area contributed by atoms with E-state index in [2.05, 4.69) is 25.5 Å². The van der Waals surface area contributed by atoms with E-state index in [-0.39, 0.29) is 54.5 Å². The minimum atomic E-state index is -4.20. The number of amides is 1.